The van der Waals surface area contributed by atoms with E-state index in [4.69, 9.17) is 21.7 Å². The third-order valence-corrected chi connectivity index (χ3v) is 4.76. The van der Waals surface area contributed by atoms with E-state index in [1.54, 1.807) is 39.2 Å². The fourth-order valence-corrected chi connectivity index (χ4v) is 2.93. The number of benzene rings is 1. The minimum absolute atomic E-state index is 0.159. The van der Waals surface area contributed by atoms with Gasteiger partial charge >= 0.3 is 12.0 Å². The first-order chi connectivity index (χ1) is 13.3. The molecule has 2 N–H and O–H groups in total. The molecular weight excluding hydrogens is 380 g/mol. The highest BCUT2D eigenvalue weighted by atomic mass is 32.1. The van der Waals surface area contributed by atoms with Crippen molar-refractivity contribution in [2.24, 2.45) is 0 Å². The van der Waals surface area contributed by atoms with Gasteiger partial charge in [-0.15, -0.1) is 0 Å². The Morgan fingerprint density at radius 2 is 2.04 bits per heavy atom. The van der Waals surface area contributed by atoms with Crippen molar-refractivity contribution in [2.45, 2.75) is 13.0 Å². The molecule has 0 bridgehead atoms. The van der Waals surface area contributed by atoms with Gasteiger partial charge in [-0.3, -0.25) is 0 Å². The number of esters is 1. The lowest BCUT2D eigenvalue weighted by atomic mass is 9.95. The second-order valence-corrected chi connectivity index (χ2v) is 6.91. The highest BCUT2D eigenvalue weighted by molar-refractivity contribution is 7.80. The fraction of sp³-hybridized carbons (Fsp3) is 0.421. The number of carbonyl (C=O) groups is 2. The maximum Gasteiger partial charge on any atom is 0.338 e. The maximum atomic E-state index is 12.7. The molecule has 28 heavy (non-hydrogen) atoms. The van der Waals surface area contributed by atoms with Crippen molar-refractivity contribution in [2.75, 3.05) is 46.8 Å². The number of nitrogens with one attached hydrogen (secondary N) is 2. The van der Waals surface area contributed by atoms with Gasteiger partial charge < -0.3 is 29.9 Å². The Labute approximate surface area is 170 Å². The standard InChI is InChI=1S/C19H26N4O4S/c1-12-15(17(24)27-10-9-26-5)16(21-19(28)23(12)4)13-7-6-8-14(11-13)20-18(25)22(2)3/h6-8,11,16H,9-10H2,1-5H3,(H,20,25)(H,21,28)/t16-/m0/s1. The van der Waals surface area contributed by atoms with Gasteiger partial charge in [0.25, 0.3) is 0 Å². The summed E-state index contributed by atoms with van der Waals surface area (Å²) in [4.78, 5) is 27.9. The molecule has 9 heteroatoms. The van der Waals surface area contributed by atoms with Gasteiger partial charge in [0.2, 0.25) is 0 Å². The summed E-state index contributed by atoms with van der Waals surface area (Å²) < 4.78 is 10.3. The highest BCUT2D eigenvalue weighted by Gasteiger charge is 2.33. The molecule has 0 radical (unpaired) electrons. The van der Waals surface area contributed by atoms with Crippen molar-refractivity contribution in [1.29, 1.82) is 0 Å². The van der Waals surface area contributed by atoms with Crippen molar-refractivity contribution in [3.05, 3.63) is 41.1 Å². The van der Waals surface area contributed by atoms with Crippen LogP contribution < -0.4 is 10.6 Å². The SMILES string of the molecule is COCCOC(=O)C1=C(C)N(C)C(=S)N[C@H]1c1cccc(NC(=O)N(C)C)c1. The lowest BCUT2D eigenvalue weighted by Gasteiger charge is -2.35. The maximum absolute atomic E-state index is 12.7. The van der Waals surface area contributed by atoms with Crippen LogP contribution in [0.5, 0.6) is 0 Å². The Morgan fingerprint density at radius 1 is 1.32 bits per heavy atom. The zero-order chi connectivity index (χ0) is 20.8. The van der Waals surface area contributed by atoms with Crippen LogP contribution in [0.25, 0.3) is 0 Å². The van der Waals surface area contributed by atoms with E-state index >= 15 is 0 Å². The zero-order valence-electron chi connectivity index (χ0n) is 16.7. The number of urea groups is 1. The molecule has 2 amide bonds. The van der Waals surface area contributed by atoms with Gasteiger partial charge in [-0.25, -0.2) is 9.59 Å². The minimum Gasteiger partial charge on any atom is -0.460 e. The van der Waals surface area contributed by atoms with E-state index in [2.05, 4.69) is 10.6 Å². The van der Waals surface area contributed by atoms with Crippen molar-refractivity contribution >= 4 is 35.0 Å². The summed E-state index contributed by atoms with van der Waals surface area (Å²) in [5.74, 6) is -0.441. The molecule has 0 aliphatic carbocycles. The van der Waals surface area contributed by atoms with E-state index < -0.39 is 12.0 Å². The number of hydrogen-bond acceptors (Lipinski definition) is 5. The summed E-state index contributed by atoms with van der Waals surface area (Å²) in [5, 5.41) is 6.49. The largest absolute Gasteiger partial charge is 0.460 e. The molecule has 1 aromatic rings. The van der Waals surface area contributed by atoms with Gasteiger partial charge in [0.15, 0.2) is 5.11 Å². The Kier molecular flexibility index (Phi) is 7.36. The van der Waals surface area contributed by atoms with Gasteiger partial charge in [-0.1, -0.05) is 12.1 Å². The summed E-state index contributed by atoms with van der Waals surface area (Å²) in [6.07, 6.45) is 0. The first-order valence-electron chi connectivity index (χ1n) is 8.75. The van der Waals surface area contributed by atoms with Gasteiger partial charge in [-0.05, 0) is 36.8 Å². The van der Waals surface area contributed by atoms with E-state index in [-0.39, 0.29) is 12.6 Å². The van der Waals surface area contributed by atoms with Crippen LogP contribution in [0.4, 0.5) is 10.5 Å². The Balaban J connectivity index is 2.36. The summed E-state index contributed by atoms with van der Waals surface area (Å²) in [7, 11) is 6.66. The number of nitrogens with zero attached hydrogens (tertiary/aromatic N) is 2. The molecule has 0 unspecified atom stereocenters. The fourth-order valence-electron chi connectivity index (χ4n) is 2.68. The number of carbonyl (C=O) groups excluding carboxylic acids is 2. The van der Waals surface area contributed by atoms with Crippen molar-refractivity contribution in [1.82, 2.24) is 15.1 Å². The number of hydrogen-bond donors (Lipinski definition) is 2. The average molecular weight is 407 g/mol. The Hall–Kier alpha value is -2.65. The molecule has 0 fully saturated rings. The van der Waals surface area contributed by atoms with Gasteiger partial charge in [0.1, 0.15) is 6.61 Å². The number of allylic oxidation sites excluding steroid dienone is 1. The Bertz CT molecular complexity index is 794. The third kappa shape index (κ3) is 4.99. The van der Waals surface area contributed by atoms with Crippen molar-refractivity contribution < 1.29 is 19.1 Å². The second kappa shape index (κ2) is 9.52. The molecule has 0 saturated carbocycles. The van der Waals surface area contributed by atoms with E-state index in [0.717, 1.165) is 5.56 Å². The van der Waals surface area contributed by atoms with Crippen LogP contribution in [-0.4, -0.2) is 68.4 Å². The van der Waals surface area contributed by atoms with Crippen molar-refractivity contribution in [3.63, 3.8) is 0 Å². The lowest BCUT2D eigenvalue weighted by molar-refractivity contribution is -0.140. The molecule has 0 saturated heterocycles. The third-order valence-electron chi connectivity index (χ3n) is 4.37. The van der Waals surface area contributed by atoms with Crippen molar-refractivity contribution in [3.8, 4) is 0 Å². The van der Waals surface area contributed by atoms with E-state index in [0.29, 0.717) is 28.7 Å². The normalized spacial score (nSPS) is 16.5. The van der Waals surface area contributed by atoms with Crippen LogP contribution in [0.3, 0.4) is 0 Å². The summed E-state index contributed by atoms with van der Waals surface area (Å²) in [5.41, 5.74) is 2.57. The molecule has 1 aliphatic rings. The molecule has 2 rings (SSSR count). The summed E-state index contributed by atoms with van der Waals surface area (Å²) in [6.45, 7) is 2.30. The molecule has 1 aromatic carbocycles. The molecule has 1 atom stereocenters. The average Bonchev–Trinajstić information content (AvgIpc) is 2.66. The van der Waals surface area contributed by atoms with Crippen LogP contribution in [-0.2, 0) is 14.3 Å². The van der Waals surface area contributed by atoms with Crippen LogP contribution >= 0.6 is 12.2 Å². The van der Waals surface area contributed by atoms with Crippen LogP contribution in [0.15, 0.2) is 35.5 Å². The molecule has 1 heterocycles. The first-order valence-corrected chi connectivity index (χ1v) is 9.16. The minimum atomic E-state index is -0.491. The number of thiocarbonyl (C=S) groups is 1. The number of methoxy groups -OCH3 is 1. The quantitative estimate of drug-likeness (QED) is 0.425. The predicted molar refractivity (Wildman–Crippen MR) is 111 cm³/mol. The van der Waals surface area contributed by atoms with E-state index in [9.17, 15) is 9.59 Å². The van der Waals surface area contributed by atoms with E-state index in [1.165, 1.54) is 4.90 Å². The van der Waals surface area contributed by atoms with E-state index in [1.807, 2.05) is 25.1 Å². The van der Waals surface area contributed by atoms with Crippen LogP contribution in [0, 0.1) is 0 Å². The number of ether oxygens (including phenoxy) is 2. The summed E-state index contributed by atoms with van der Waals surface area (Å²) in [6, 6.07) is 6.54. The zero-order valence-corrected chi connectivity index (χ0v) is 17.6. The predicted octanol–water partition coefficient (Wildman–Crippen LogP) is 2.10. The monoisotopic (exact) mass is 406 g/mol. The second-order valence-electron chi connectivity index (χ2n) is 6.52. The van der Waals surface area contributed by atoms with Gasteiger partial charge in [-0.2, -0.15) is 0 Å². The topological polar surface area (TPSA) is 83.1 Å². The number of anilines is 1. The smallest absolute Gasteiger partial charge is 0.338 e. The molecule has 8 nitrogen and oxygen atoms in total. The molecule has 0 spiro atoms. The summed E-state index contributed by atoms with van der Waals surface area (Å²) >= 11 is 5.40. The molecule has 0 aromatic heterocycles. The molecule has 1 aliphatic heterocycles. The van der Waals surface area contributed by atoms with Gasteiger partial charge in [0.05, 0.1) is 18.2 Å². The van der Waals surface area contributed by atoms with Gasteiger partial charge in [0, 0.05) is 39.6 Å². The van der Waals surface area contributed by atoms with Crippen LogP contribution in [0.1, 0.15) is 18.5 Å². The molecule has 152 valence electrons. The highest BCUT2D eigenvalue weighted by Crippen LogP contribution is 2.31. The number of rotatable bonds is 6. The lowest BCUT2D eigenvalue weighted by Crippen LogP contribution is -2.46. The van der Waals surface area contributed by atoms with Crippen LogP contribution in [0.2, 0.25) is 0 Å². The number of amides is 2. The Morgan fingerprint density at radius 3 is 2.68 bits per heavy atom. The first kappa shape index (κ1) is 21.6. The molecular formula is C19H26N4O4S.